The fraction of sp³-hybridized carbons (Fsp3) is 0.889. The lowest BCUT2D eigenvalue weighted by Crippen LogP contribution is -2.42. The van der Waals surface area contributed by atoms with Gasteiger partial charge in [-0.1, -0.05) is 0 Å². The minimum atomic E-state index is -0.324. The predicted molar refractivity (Wildman–Crippen MR) is 55.0 cm³/mol. The summed E-state index contributed by atoms with van der Waals surface area (Å²) in [5.41, 5.74) is 0. The van der Waals surface area contributed by atoms with Gasteiger partial charge in [0.25, 0.3) is 0 Å². The summed E-state index contributed by atoms with van der Waals surface area (Å²) in [6, 6.07) is 0.367. The summed E-state index contributed by atoms with van der Waals surface area (Å²) < 4.78 is 4.94. The fourth-order valence-electron chi connectivity index (χ4n) is 1.27. The minimum absolute atomic E-state index is 0.0133. The van der Waals surface area contributed by atoms with Crippen LogP contribution in [-0.4, -0.2) is 36.7 Å². The number of methoxy groups -OCH3 is 1. The number of hydrogen-bond donors (Lipinski definition) is 1. The number of thioether (sulfide) groups is 1. The van der Waals surface area contributed by atoms with Crippen molar-refractivity contribution in [2.45, 2.75) is 31.9 Å². The molecule has 1 aliphatic heterocycles. The second-order valence-corrected chi connectivity index (χ2v) is 4.50. The highest BCUT2D eigenvalue weighted by molar-refractivity contribution is 7.99. The van der Waals surface area contributed by atoms with E-state index >= 15 is 0 Å². The average Bonchev–Trinajstić information content (AvgIpc) is 2.18. The van der Waals surface area contributed by atoms with Gasteiger partial charge in [-0.15, -0.1) is 0 Å². The number of amides is 1. The Kier molecular flexibility index (Phi) is 4.59. The third kappa shape index (κ3) is 3.56. The van der Waals surface area contributed by atoms with Crippen molar-refractivity contribution < 1.29 is 9.53 Å². The molecule has 0 aromatic rings. The van der Waals surface area contributed by atoms with Gasteiger partial charge in [0.2, 0.25) is 5.91 Å². The maximum Gasteiger partial charge on any atom is 0.249 e. The number of carbonyl (C=O) groups excluding carboxylic acids is 1. The number of ether oxygens (including phenoxy) is 1. The van der Waals surface area contributed by atoms with E-state index < -0.39 is 0 Å². The van der Waals surface area contributed by atoms with E-state index in [4.69, 9.17) is 4.74 Å². The molecule has 1 atom stereocenters. The van der Waals surface area contributed by atoms with E-state index in [0.29, 0.717) is 6.04 Å². The molecule has 0 aliphatic carbocycles. The first-order valence-electron chi connectivity index (χ1n) is 4.65. The number of hydrogen-bond acceptors (Lipinski definition) is 3. The molecule has 1 fully saturated rings. The molecule has 0 spiro atoms. The molecule has 1 heterocycles. The van der Waals surface area contributed by atoms with Gasteiger partial charge in [0.1, 0.15) is 6.10 Å². The van der Waals surface area contributed by atoms with Gasteiger partial charge in [0.05, 0.1) is 0 Å². The molecule has 0 saturated carbocycles. The van der Waals surface area contributed by atoms with Crippen molar-refractivity contribution in [3.05, 3.63) is 0 Å². The Balaban J connectivity index is 2.26. The maximum atomic E-state index is 11.4. The third-order valence-electron chi connectivity index (χ3n) is 2.29. The Bertz CT molecular complexity index is 169. The van der Waals surface area contributed by atoms with Crippen molar-refractivity contribution in [3.8, 4) is 0 Å². The van der Waals surface area contributed by atoms with Crippen LogP contribution in [0, 0.1) is 0 Å². The van der Waals surface area contributed by atoms with Crippen molar-refractivity contribution >= 4 is 17.7 Å². The molecular formula is C9H17NO2S. The van der Waals surface area contributed by atoms with Crippen molar-refractivity contribution in [1.29, 1.82) is 0 Å². The average molecular weight is 203 g/mol. The molecule has 0 radical (unpaired) electrons. The highest BCUT2D eigenvalue weighted by Crippen LogP contribution is 2.16. The lowest BCUT2D eigenvalue weighted by molar-refractivity contribution is -0.130. The van der Waals surface area contributed by atoms with Crippen LogP contribution >= 0.6 is 11.8 Å². The van der Waals surface area contributed by atoms with Gasteiger partial charge in [-0.05, 0) is 31.3 Å². The Morgan fingerprint density at radius 1 is 1.54 bits per heavy atom. The summed E-state index contributed by atoms with van der Waals surface area (Å²) in [4.78, 5) is 11.4. The number of carbonyl (C=O) groups is 1. The summed E-state index contributed by atoms with van der Waals surface area (Å²) in [5.74, 6) is 2.33. The summed E-state index contributed by atoms with van der Waals surface area (Å²) in [6.07, 6.45) is 1.86. The van der Waals surface area contributed by atoms with E-state index in [0.717, 1.165) is 24.3 Å². The van der Waals surface area contributed by atoms with Gasteiger partial charge in [-0.3, -0.25) is 4.79 Å². The van der Waals surface area contributed by atoms with Gasteiger partial charge in [0, 0.05) is 13.2 Å². The third-order valence-corrected chi connectivity index (χ3v) is 3.34. The van der Waals surface area contributed by atoms with Crippen LogP contribution in [0.2, 0.25) is 0 Å². The van der Waals surface area contributed by atoms with Crippen LogP contribution in [0.1, 0.15) is 19.8 Å². The number of nitrogens with one attached hydrogen (secondary N) is 1. The molecule has 13 heavy (non-hydrogen) atoms. The zero-order valence-electron chi connectivity index (χ0n) is 8.21. The van der Waals surface area contributed by atoms with Gasteiger partial charge in [-0.2, -0.15) is 11.8 Å². The molecule has 1 rings (SSSR count). The molecule has 76 valence electrons. The van der Waals surface area contributed by atoms with E-state index in [2.05, 4.69) is 5.32 Å². The van der Waals surface area contributed by atoms with Crippen molar-refractivity contribution in [1.82, 2.24) is 5.32 Å². The largest absolute Gasteiger partial charge is 0.372 e. The Morgan fingerprint density at radius 2 is 2.15 bits per heavy atom. The van der Waals surface area contributed by atoms with Crippen LogP contribution < -0.4 is 5.32 Å². The normalized spacial score (nSPS) is 21.1. The van der Waals surface area contributed by atoms with Gasteiger partial charge in [-0.25, -0.2) is 0 Å². The quantitative estimate of drug-likeness (QED) is 0.744. The molecule has 3 nitrogen and oxygen atoms in total. The lowest BCUT2D eigenvalue weighted by Gasteiger charge is -2.23. The van der Waals surface area contributed by atoms with Crippen molar-refractivity contribution in [2.75, 3.05) is 18.6 Å². The molecule has 1 N–H and O–H groups in total. The molecule has 0 aromatic carbocycles. The van der Waals surface area contributed by atoms with E-state index in [1.54, 1.807) is 14.0 Å². The highest BCUT2D eigenvalue weighted by atomic mass is 32.2. The fourth-order valence-corrected chi connectivity index (χ4v) is 2.37. The van der Waals surface area contributed by atoms with Crippen LogP contribution in [0.5, 0.6) is 0 Å². The Morgan fingerprint density at radius 3 is 2.69 bits per heavy atom. The van der Waals surface area contributed by atoms with Crippen LogP contribution in [0.3, 0.4) is 0 Å². The van der Waals surface area contributed by atoms with Crippen LogP contribution in [-0.2, 0) is 9.53 Å². The van der Waals surface area contributed by atoms with Crippen LogP contribution in [0.4, 0.5) is 0 Å². The molecule has 1 saturated heterocycles. The van der Waals surface area contributed by atoms with E-state index in [1.807, 2.05) is 11.8 Å². The molecule has 1 aliphatic rings. The SMILES string of the molecule is COC(C)C(=O)NC1CCSCC1. The van der Waals surface area contributed by atoms with Crippen LogP contribution in [0.15, 0.2) is 0 Å². The molecule has 4 heteroatoms. The van der Waals surface area contributed by atoms with Gasteiger partial charge < -0.3 is 10.1 Å². The minimum Gasteiger partial charge on any atom is -0.372 e. The molecule has 0 bridgehead atoms. The Hall–Kier alpha value is -0.220. The molecule has 1 unspecified atom stereocenters. The first-order valence-corrected chi connectivity index (χ1v) is 5.80. The molecule has 1 amide bonds. The summed E-state index contributed by atoms with van der Waals surface area (Å²) in [5, 5.41) is 2.99. The second-order valence-electron chi connectivity index (χ2n) is 3.27. The summed E-state index contributed by atoms with van der Waals surface area (Å²) in [7, 11) is 1.56. The predicted octanol–water partition coefficient (Wildman–Crippen LogP) is 1.03. The first kappa shape index (κ1) is 10.9. The topological polar surface area (TPSA) is 38.3 Å². The summed E-state index contributed by atoms with van der Waals surface area (Å²) in [6.45, 7) is 1.77. The Labute approximate surface area is 83.6 Å². The molecular weight excluding hydrogens is 186 g/mol. The zero-order chi connectivity index (χ0) is 9.68. The van der Waals surface area contributed by atoms with Crippen LogP contribution in [0.25, 0.3) is 0 Å². The zero-order valence-corrected chi connectivity index (χ0v) is 9.02. The first-order chi connectivity index (χ1) is 6.24. The summed E-state index contributed by atoms with van der Waals surface area (Å²) >= 11 is 1.96. The highest BCUT2D eigenvalue weighted by Gasteiger charge is 2.18. The maximum absolute atomic E-state index is 11.4. The van der Waals surface area contributed by atoms with Gasteiger partial charge in [0.15, 0.2) is 0 Å². The standard InChI is InChI=1S/C9H17NO2S/c1-7(12-2)9(11)10-8-3-5-13-6-4-8/h7-8H,3-6H2,1-2H3,(H,10,11). The smallest absolute Gasteiger partial charge is 0.249 e. The monoisotopic (exact) mass is 203 g/mol. The van der Waals surface area contributed by atoms with Crippen molar-refractivity contribution in [3.63, 3.8) is 0 Å². The number of rotatable bonds is 3. The van der Waals surface area contributed by atoms with Gasteiger partial charge >= 0.3 is 0 Å². The lowest BCUT2D eigenvalue weighted by atomic mass is 10.1. The van der Waals surface area contributed by atoms with E-state index in [1.165, 1.54) is 0 Å². The van der Waals surface area contributed by atoms with E-state index in [9.17, 15) is 4.79 Å². The molecule has 0 aromatic heterocycles. The van der Waals surface area contributed by atoms with E-state index in [-0.39, 0.29) is 12.0 Å². The second kappa shape index (κ2) is 5.50. The van der Waals surface area contributed by atoms with Crippen molar-refractivity contribution in [2.24, 2.45) is 0 Å².